The summed E-state index contributed by atoms with van der Waals surface area (Å²) in [4.78, 5) is 24.7. The smallest absolute Gasteiger partial charge is 0.407 e. The summed E-state index contributed by atoms with van der Waals surface area (Å²) in [5.41, 5.74) is 3.92. The van der Waals surface area contributed by atoms with Crippen molar-refractivity contribution in [3.05, 3.63) is 59.7 Å². The number of carboxylic acids is 1. The highest BCUT2D eigenvalue weighted by Gasteiger charge is 2.43. The fourth-order valence-corrected chi connectivity index (χ4v) is 4.78. The number of amides is 1. The van der Waals surface area contributed by atoms with E-state index in [1.165, 1.54) is 0 Å². The first-order valence-electron chi connectivity index (χ1n) is 10.7. The van der Waals surface area contributed by atoms with Gasteiger partial charge in [0.05, 0.1) is 27.7 Å². The van der Waals surface area contributed by atoms with E-state index in [4.69, 9.17) is 4.74 Å². The first-order chi connectivity index (χ1) is 14.6. The van der Waals surface area contributed by atoms with Gasteiger partial charge in [-0.1, -0.05) is 62.4 Å². The molecular formula is C25H33N2O4+. The van der Waals surface area contributed by atoms with Crippen molar-refractivity contribution in [2.24, 2.45) is 5.41 Å². The molecule has 0 fully saturated rings. The fraction of sp³-hybridized carbons (Fsp3) is 0.440. The first kappa shape index (κ1) is 22.8. The van der Waals surface area contributed by atoms with Crippen LogP contribution in [-0.4, -0.2) is 62.0 Å². The zero-order valence-electron chi connectivity index (χ0n) is 19.0. The number of nitrogens with one attached hydrogen (secondary N) is 1. The lowest BCUT2D eigenvalue weighted by atomic mass is 9.78. The number of carboxylic acid groups (broad SMARTS) is 1. The molecule has 3 rings (SSSR count). The van der Waals surface area contributed by atoms with Gasteiger partial charge in [-0.15, -0.1) is 0 Å². The van der Waals surface area contributed by atoms with Gasteiger partial charge in [0, 0.05) is 11.3 Å². The monoisotopic (exact) mass is 425 g/mol. The summed E-state index contributed by atoms with van der Waals surface area (Å²) in [5, 5.41) is 12.5. The van der Waals surface area contributed by atoms with Crippen LogP contribution in [0, 0.1) is 5.41 Å². The molecule has 2 aromatic rings. The molecule has 2 N–H and O–H groups in total. The average molecular weight is 426 g/mol. The second kappa shape index (κ2) is 8.71. The Hall–Kier alpha value is -2.86. The topological polar surface area (TPSA) is 75.6 Å². The van der Waals surface area contributed by atoms with Crippen LogP contribution in [0.2, 0.25) is 0 Å². The first-order valence-corrected chi connectivity index (χ1v) is 10.7. The van der Waals surface area contributed by atoms with Gasteiger partial charge in [0.25, 0.3) is 0 Å². The van der Waals surface area contributed by atoms with Crippen molar-refractivity contribution in [1.82, 2.24) is 5.32 Å². The number of benzene rings is 2. The second-order valence-corrected chi connectivity index (χ2v) is 9.70. The molecule has 1 aliphatic carbocycles. The van der Waals surface area contributed by atoms with Crippen LogP contribution in [0.1, 0.15) is 37.3 Å². The van der Waals surface area contributed by atoms with Crippen LogP contribution in [0.5, 0.6) is 0 Å². The maximum absolute atomic E-state index is 12.7. The number of hydrogen-bond acceptors (Lipinski definition) is 3. The van der Waals surface area contributed by atoms with Gasteiger partial charge >= 0.3 is 12.1 Å². The Kier molecular flexibility index (Phi) is 6.41. The molecule has 1 aliphatic rings. The SMILES string of the molecule is CC[C@](C)(C[N+](C)(C)C)[C@H](NC(=O)OCC1c2ccccc2-c2ccccc21)C(=O)O. The standard InChI is InChI=1S/C25H32N2O4/c1-6-25(2,16-27(3,4)5)22(23(28)29)26-24(30)31-15-21-19-13-9-7-11-17(19)18-12-8-10-14-20(18)21/h7-14,21-22H,6,15-16H2,1-5H3,(H-,26,28,29,30)/p+1/t22-,25-/m1/s1. The minimum atomic E-state index is -1.05. The summed E-state index contributed by atoms with van der Waals surface area (Å²) in [7, 11) is 6.04. The quantitative estimate of drug-likeness (QED) is 0.625. The molecule has 31 heavy (non-hydrogen) atoms. The Bertz CT molecular complexity index is 920. The van der Waals surface area contributed by atoms with Crippen LogP contribution in [-0.2, 0) is 9.53 Å². The van der Waals surface area contributed by atoms with Gasteiger partial charge in [-0.3, -0.25) is 0 Å². The van der Waals surface area contributed by atoms with Gasteiger partial charge in [-0.05, 0) is 28.7 Å². The molecule has 6 heteroatoms. The molecule has 0 saturated heterocycles. The van der Waals surface area contributed by atoms with Crippen molar-refractivity contribution in [3.8, 4) is 11.1 Å². The van der Waals surface area contributed by atoms with Gasteiger partial charge in [-0.25, -0.2) is 9.59 Å². The van der Waals surface area contributed by atoms with E-state index >= 15 is 0 Å². The number of fused-ring (bicyclic) bond motifs is 3. The van der Waals surface area contributed by atoms with Crippen molar-refractivity contribution in [2.75, 3.05) is 34.3 Å². The molecule has 0 saturated carbocycles. The van der Waals surface area contributed by atoms with Crippen molar-refractivity contribution in [2.45, 2.75) is 32.2 Å². The van der Waals surface area contributed by atoms with E-state index < -0.39 is 23.5 Å². The number of ether oxygens (including phenoxy) is 1. The van der Waals surface area contributed by atoms with Crippen molar-refractivity contribution in [1.29, 1.82) is 0 Å². The zero-order chi connectivity index (χ0) is 22.8. The Morgan fingerprint density at radius 3 is 2.03 bits per heavy atom. The maximum Gasteiger partial charge on any atom is 0.407 e. The van der Waals surface area contributed by atoms with Gasteiger partial charge in [-0.2, -0.15) is 0 Å². The van der Waals surface area contributed by atoms with Gasteiger partial charge in [0.15, 0.2) is 0 Å². The van der Waals surface area contributed by atoms with E-state index in [-0.39, 0.29) is 12.5 Å². The minimum absolute atomic E-state index is 0.0646. The maximum atomic E-state index is 12.7. The molecule has 2 aromatic carbocycles. The summed E-state index contributed by atoms with van der Waals surface area (Å²) in [6, 6.07) is 15.2. The molecule has 0 aromatic heterocycles. The fourth-order valence-electron chi connectivity index (χ4n) is 4.78. The second-order valence-electron chi connectivity index (χ2n) is 9.70. The van der Waals surface area contributed by atoms with Crippen LogP contribution < -0.4 is 5.32 Å². The van der Waals surface area contributed by atoms with Crippen LogP contribution in [0.25, 0.3) is 11.1 Å². The lowest BCUT2D eigenvalue weighted by Crippen LogP contribution is -2.57. The Morgan fingerprint density at radius 2 is 1.58 bits per heavy atom. The molecule has 6 nitrogen and oxygen atoms in total. The van der Waals surface area contributed by atoms with E-state index in [2.05, 4.69) is 29.6 Å². The van der Waals surface area contributed by atoms with Crippen LogP contribution in [0.15, 0.2) is 48.5 Å². The summed E-state index contributed by atoms with van der Waals surface area (Å²) in [5.74, 6) is -1.11. The lowest BCUT2D eigenvalue weighted by molar-refractivity contribution is -0.877. The molecular weight excluding hydrogens is 392 g/mol. The highest BCUT2D eigenvalue weighted by molar-refractivity contribution is 5.81. The summed E-state index contributed by atoms with van der Waals surface area (Å²) in [6.45, 7) is 4.61. The third-order valence-corrected chi connectivity index (χ3v) is 6.19. The molecule has 0 heterocycles. The number of carbonyl (C=O) groups excluding carboxylic acids is 1. The molecule has 1 amide bonds. The molecule has 2 atom stereocenters. The number of aliphatic carboxylic acids is 1. The van der Waals surface area contributed by atoms with Crippen LogP contribution >= 0.6 is 0 Å². The Labute approximate surface area is 184 Å². The van der Waals surface area contributed by atoms with Crippen molar-refractivity contribution in [3.63, 3.8) is 0 Å². The molecule has 0 unspecified atom stereocenters. The van der Waals surface area contributed by atoms with Gasteiger partial charge < -0.3 is 19.6 Å². The lowest BCUT2D eigenvalue weighted by Gasteiger charge is -2.39. The van der Waals surface area contributed by atoms with E-state index in [1.54, 1.807) is 0 Å². The number of carbonyl (C=O) groups is 2. The van der Waals surface area contributed by atoms with Gasteiger partial charge in [0.1, 0.15) is 12.6 Å². The molecule has 0 bridgehead atoms. The van der Waals surface area contributed by atoms with Gasteiger partial charge in [0.2, 0.25) is 0 Å². The molecule has 0 spiro atoms. The van der Waals surface area contributed by atoms with E-state index in [0.29, 0.717) is 17.4 Å². The third kappa shape index (κ3) is 4.90. The predicted molar refractivity (Wildman–Crippen MR) is 121 cm³/mol. The molecule has 166 valence electrons. The summed E-state index contributed by atoms with van der Waals surface area (Å²) >= 11 is 0. The van der Waals surface area contributed by atoms with E-state index in [1.807, 2.05) is 59.3 Å². The molecule has 0 radical (unpaired) electrons. The minimum Gasteiger partial charge on any atom is -0.480 e. The number of hydrogen-bond donors (Lipinski definition) is 2. The summed E-state index contributed by atoms with van der Waals surface area (Å²) in [6.07, 6.45) is -0.0845. The zero-order valence-corrected chi connectivity index (χ0v) is 19.0. The highest BCUT2D eigenvalue weighted by atomic mass is 16.5. The number of quaternary nitrogens is 1. The number of rotatable bonds is 8. The van der Waals surface area contributed by atoms with Crippen molar-refractivity contribution < 1.29 is 23.9 Å². The van der Waals surface area contributed by atoms with Crippen LogP contribution in [0.3, 0.4) is 0 Å². The normalized spacial score (nSPS) is 16.0. The Morgan fingerprint density at radius 1 is 1.06 bits per heavy atom. The summed E-state index contributed by atoms with van der Waals surface area (Å²) < 4.78 is 6.17. The number of nitrogens with zero attached hydrogens (tertiary/aromatic N) is 1. The Balaban J connectivity index is 1.74. The molecule has 0 aliphatic heterocycles. The third-order valence-electron chi connectivity index (χ3n) is 6.19. The van der Waals surface area contributed by atoms with Crippen LogP contribution in [0.4, 0.5) is 4.79 Å². The van der Waals surface area contributed by atoms with Crippen molar-refractivity contribution >= 4 is 12.1 Å². The van der Waals surface area contributed by atoms with E-state index in [0.717, 1.165) is 22.3 Å². The largest absolute Gasteiger partial charge is 0.480 e. The number of alkyl carbamates (subject to hydrolysis) is 1. The highest BCUT2D eigenvalue weighted by Crippen LogP contribution is 2.44. The average Bonchev–Trinajstić information content (AvgIpc) is 3.03. The van der Waals surface area contributed by atoms with E-state index in [9.17, 15) is 14.7 Å². The predicted octanol–water partition coefficient (Wildman–Crippen LogP) is 4.10.